The van der Waals surface area contributed by atoms with E-state index >= 15 is 0 Å². The number of carbonyl (C=O) groups is 1. The summed E-state index contributed by atoms with van der Waals surface area (Å²) in [6.45, 7) is 0. The van der Waals surface area contributed by atoms with Gasteiger partial charge in [0.05, 0.1) is 5.56 Å². The highest BCUT2D eigenvalue weighted by molar-refractivity contribution is 5.89. The molecule has 1 aromatic carbocycles. The molecule has 3 saturated carbocycles. The Balaban J connectivity index is 1.50. The lowest BCUT2D eigenvalue weighted by Gasteiger charge is -2.57. The Hall–Kier alpha value is -1.82. The number of ether oxygens (including phenoxy) is 1. The number of carbonyl (C=O) groups excluding carboxylic acids is 1. The average Bonchev–Trinajstić information content (AvgIpc) is 2.96. The number of Topliss-reactive ketones (excluding diaryl/α,β-unsaturated/α-hetero) is 1. The third-order valence-corrected chi connectivity index (χ3v) is 8.56. The van der Waals surface area contributed by atoms with Crippen molar-refractivity contribution >= 4 is 5.78 Å². The van der Waals surface area contributed by atoms with E-state index in [2.05, 4.69) is 12.1 Å². The number of benzene rings is 1. The lowest BCUT2D eigenvalue weighted by molar-refractivity contribution is -0.138. The molecule has 1 spiro atoms. The first kappa shape index (κ1) is 15.3. The molecule has 5 atom stereocenters. The lowest BCUT2D eigenvalue weighted by Crippen LogP contribution is -2.60. The third-order valence-electron chi connectivity index (χ3n) is 8.56. The smallest absolute Gasteiger partial charge is 0.174 e. The second kappa shape index (κ2) is 5.12. The molecule has 0 saturated heterocycles. The quantitative estimate of drug-likeness (QED) is 0.801. The molecule has 3 heteroatoms. The van der Waals surface area contributed by atoms with E-state index in [1.54, 1.807) is 0 Å². The first-order chi connectivity index (χ1) is 12.7. The van der Waals surface area contributed by atoms with Gasteiger partial charge in [0.2, 0.25) is 0 Å². The molecular weight excluding hydrogens is 322 g/mol. The summed E-state index contributed by atoms with van der Waals surface area (Å²) in [5.41, 5.74) is 3.13. The Morgan fingerprint density at radius 3 is 2.88 bits per heavy atom. The molecule has 0 radical (unpaired) electrons. The number of nitriles is 1. The predicted molar refractivity (Wildman–Crippen MR) is 96.9 cm³/mol. The van der Waals surface area contributed by atoms with Gasteiger partial charge in [-0.15, -0.1) is 0 Å². The van der Waals surface area contributed by atoms with Crippen molar-refractivity contribution in [3.05, 3.63) is 28.8 Å². The van der Waals surface area contributed by atoms with Crippen LogP contribution < -0.4 is 4.74 Å². The minimum absolute atomic E-state index is 0.119. The first-order valence-electron chi connectivity index (χ1n) is 10.5. The maximum Gasteiger partial charge on any atom is 0.174 e. The van der Waals surface area contributed by atoms with Gasteiger partial charge in [0.25, 0.3) is 0 Å². The molecular formula is C23H25NO2. The number of nitrogens with zero attached hydrogens (tertiary/aromatic N) is 1. The number of hydrogen-bond donors (Lipinski definition) is 0. The van der Waals surface area contributed by atoms with Crippen molar-refractivity contribution in [2.45, 2.75) is 69.3 Å². The summed E-state index contributed by atoms with van der Waals surface area (Å²) in [5, 5.41) is 9.56. The van der Waals surface area contributed by atoms with E-state index in [-0.39, 0.29) is 17.3 Å². The summed E-state index contributed by atoms with van der Waals surface area (Å²) >= 11 is 0. The zero-order valence-corrected chi connectivity index (χ0v) is 15.2. The highest BCUT2D eigenvalue weighted by atomic mass is 16.5. The van der Waals surface area contributed by atoms with Gasteiger partial charge in [-0.3, -0.25) is 4.79 Å². The van der Waals surface area contributed by atoms with Gasteiger partial charge in [-0.25, -0.2) is 0 Å². The Morgan fingerprint density at radius 1 is 1.23 bits per heavy atom. The first-order valence-corrected chi connectivity index (χ1v) is 10.5. The summed E-state index contributed by atoms with van der Waals surface area (Å²) in [6, 6.07) is 6.39. The minimum atomic E-state index is -0.322. The van der Waals surface area contributed by atoms with Gasteiger partial charge in [0.15, 0.2) is 11.9 Å². The topological polar surface area (TPSA) is 50.1 Å². The summed E-state index contributed by atoms with van der Waals surface area (Å²) in [7, 11) is 0. The van der Waals surface area contributed by atoms with Crippen LogP contribution in [0.4, 0.5) is 0 Å². The highest BCUT2D eigenvalue weighted by Crippen LogP contribution is 2.66. The van der Waals surface area contributed by atoms with Crippen LogP contribution in [0.2, 0.25) is 0 Å². The number of rotatable bonds is 2. The van der Waals surface area contributed by atoms with Gasteiger partial charge in [0, 0.05) is 17.4 Å². The molecule has 3 fully saturated rings. The highest BCUT2D eigenvalue weighted by Gasteiger charge is 2.65. The van der Waals surface area contributed by atoms with Gasteiger partial charge >= 0.3 is 0 Å². The zero-order chi connectivity index (χ0) is 17.5. The zero-order valence-electron chi connectivity index (χ0n) is 15.2. The van der Waals surface area contributed by atoms with Gasteiger partial charge in [-0.1, -0.05) is 25.3 Å². The molecule has 26 heavy (non-hydrogen) atoms. The standard InChI is InChI=1S/C23H25NO2/c24-12-16-5-4-15-11-17-14(10-13-2-1-3-13)8-9-23-18(17)6-7-19(25)22(23)26-21(16)20(15)23/h4-5,13-14,17-18,22H,1-3,6-11H2/t14?,17-,18-,22-,23-/m0/s1. The molecule has 4 aliphatic carbocycles. The van der Waals surface area contributed by atoms with Crippen molar-refractivity contribution in [1.82, 2.24) is 0 Å². The van der Waals surface area contributed by atoms with Crippen LogP contribution >= 0.6 is 0 Å². The van der Waals surface area contributed by atoms with Crippen molar-refractivity contribution in [1.29, 1.82) is 5.26 Å². The molecule has 1 unspecified atom stereocenters. The second-order valence-electron chi connectivity index (χ2n) is 9.44. The van der Waals surface area contributed by atoms with Gasteiger partial charge in [-0.2, -0.15) is 5.26 Å². The van der Waals surface area contributed by atoms with Crippen LogP contribution in [0.25, 0.3) is 0 Å². The Labute approximate surface area is 154 Å². The van der Waals surface area contributed by atoms with Gasteiger partial charge in [-0.05, 0) is 67.4 Å². The maximum absolute atomic E-state index is 12.8. The molecule has 1 heterocycles. The Kier molecular flexibility index (Phi) is 3.01. The van der Waals surface area contributed by atoms with E-state index in [1.807, 2.05) is 6.07 Å². The molecule has 0 aromatic heterocycles. The molecule has 1 aliphatic heterocycles. The summed E-state index contributed by atoms with van der Waals surface area (Å²) in [4.78, 5) is 12.8. The van der Waals surface area contributed by atoms with Crippen LogP contribution in [0.1, 0.15) is 68.1 Å². The van der Waals surface area contributed by atoms with E-state index < -0.39 is 0 Å². The van der Waals surface area contributed by atoms with Gasteiger partial charge in [0.1, 0.15) is 11.8 Å². The van der Waals surface area contributed by atoms with E-state index in [4.69, 9.17) is 4.74 Å². The summed E-state index contributed by atoms with van der Waals surface area (Å²) < 4.78 is 6.29. The normalized spacial score (nSPS) is 39.6. The van der Waals surface area contributed by atoms with Crippen molar-refractivity contribution < 1.29 is 9.53 Å². The molecule has 3 nitrogen and oxygen atoms in total. The van der Waals surface area contributed by atoms with Crippen molar-refractivity contribution in [3.8, 4) is 11.8 Å². The number of ketones is 1. The third kappa shape index (κ3) is 1.71. The molecule has 6 rings (SSSR count). The fourth-order valence-electron chi connectivity index (χ4n) is 7.30. The van der Waals surface area contributed by atoms with Crippen LogP contribution in [-0.4, -0.2) is 11.9 Å². The van der Waals surface area contributed by atoms with Crippen molar-refractivity contribution in [3.63, 3.8) is 0 Å². The second-order valence-corrected chi connectivity index (χ2v) is 9.44. The molecule has 0 N–H and O–H groups in total. The van der Waals surface area contributed by atoms with E-state index in [0.717, 1.165) is 36.8 Å². The Bertz CT molecular complexity index is 848. The van der Waals surface area contributed by atoms with Crippen molar-refractivity contribution in [2.24, 2.45) is 23.7 Å². The Morgan fingerprint density at radius 2 is 2.12 bits per heavy atom. The fourth-order valence-corrected chi connectivity index (χ4v) is 7.30. The van der Waals surface area contributed by atoms with Crippen LogP contribution in [0.5, 0.6) is 5.75 Å². The monoisotopic (exact) mass is 347 g/mol. The maximum atomic E-state index is 12.8. The summed E-state index contributed by atoms with van der Waals surface area (Å²) in [5.74, 6) is 4.07. The van der Waals surface area contributed by atoms with Crippen molar-refractivity contribution in [2.75, 3.05) is 0 Å². The fraction of sp³-hybridized carbons (Fsp3) is 0.652. The predicted octanol–water partition coefficient (Wildman–Crippen LogP) is 4.31. The number of hydrogen-bond acceptors (Lipinski definition) is 3. The molecule has 1 aromatic rings. The lowest BCUT2D eigenvalue weighted by atomic mass is 9.45. The molecule has 0 amide bonds. The van der Waals surface area contributed by atoms with Crippen LogP contribution in [0.15, 0.2) is 12.1 Å². The molecule has 5 aliphatic rings. The van der Waals surface area contributed by atoms with E-state index in [1.165, 1.54) is 43.2 Å². The van der Waals surface area contributed by atoms with Crippen LogP contribution in [-0.2, 0) is 16.6 Å². The average molecular weight is 347 g/mol. The molecule has 2 bridgehead atoms. The summed E-state index contributed by atoms with van der Waals surface area (Å²) in [6.07, 6.45) is 10.5. The minimum Gasteiger partial charge on any atom is -0.480 e. The van der Waals surface area contributed by atoms with Crippen LogP contribution in [0, 0.1) is 35.0 Å². The van der Waals surface area contributed by atoms with E-state index in [0.29, 0.717) is 23.8 Å². The van der Waals surface area contributed by atoms with Crippen LogP contribution in [0.3, 0.4) is 0 Å². The van der Waals surface area contributed by atoms with E-state index in [9.17, 15) is 10.1 Å². The SMILES string of the molecule is N#Cc1ccc2c3c1O[C@H]1C(=O)CC[C@H]4[C@@H](C2)C(CC2CCC2)CC[C@]314. The van der Waals surface area contributed by atoms with Gasteiger partial charge < -0.3 is 4.74 Å². The largest absolute Gasteiger partial charge is 0.480 e. The molecule has 134 valence electrons.